The van der Waals surface area contributed by atoms with Gasteiger partial charge in [0.1, 0.15) is 6.17 Å². The third-order valence-electron chi connectivity index (χ3n) is 5.30. The van der Waals surface area contributed by atoms with E-state index < -0.39 is 12.1 Å². The Morgan fingerprint density at radius 1 is 1.37 bits per heavy atom. The average Bonchev–Trinajstić information content (AvgIpc) is 3.35. The van der Waals surface area contributed by atoms with Gasteiger partial charge in [-0.15, -0.1) is 11.3 Å². The molecular weight excluding hydrogens is 423 g/mol. The van der Waals surface area contributed by atoms with E-state index in [1.807, 2.05) is 17.0 Å². The topological polar surface area (TPSA) is 70.5 Å². The van der Waals surface area contributed by atoms with Gasteiger partial charge in [-0.3, -0.25) is 4.79 Å². The highest BCUT2D eigenvalue weighted by atomic mass is 32.2. The number of hydrogen-bond acceptors (Lipinski definition) is 5. The van der Waals surface area contributed by atoms with Crippen LogP contribution in [0, 0.1) is 0 Å². The van der Waals surface area contributed by atoms with E-state index in [1.54, 1.807) is 12.1 Å². The molecule has 0 bridgehead atoms. The predicted octanol–water partition coefficient (Wildman–Crippen LogP) is 6.11. The summed E-state index contributed by atoms with van der Waals surface area (Å²) >= 11 is 2.84. The Balaban J connectivity index is 1.56. The van der Waals surface area contributed by atoms with Crippen LogP contribution in [-0.4, -0.2) is 33.8 Å². The first-order chi connectivity index (χ1) is 14.5. The number of thioether (sulfide) groups is 1. The van der Waals surface area contributed by atoms with Gasteiger partial charge in [-0.2, -0.15) is 0 Å². The summed E-state index contributed by atoms with van der Waals surface area (Å²) in [5.74, 6) is -0.168. The lowest BCUT2D eigenvalue weighted by atomic mass is 10.0. The molecule has 1 fully saturated rings. The summed E-state index contributed by atoms with van der Waals surface area (Å²) in [4.78, 5) is 29.3. The zero-order chi connectivity index (χ0) is 21.5. The zero-order valence-electron chi connectivity index (χ0n) is 17.1. The Bertz CT molecular complexity index is 856. The number of halogens is 1. The molecule has 1 saturated heterocycles. The van der Waals surface area contributed by atoms with Crippen LogP contribution in [0.15, 0.2) is 34.0 Å². The van der Waals surface area contributed by atoms with Crippen molar-refractivity contribution in [1.29, 1.82) is 0 Å². The number of hydrogen-bond donors (Lipinski definition) is 1. The van der Waals surface area contributed by atoms with Crippen LogP contribution in [0.25, 0.3) is 0 Å². The van der Waals surface area contributed by atoms with Crippen molar-refractivity contribution in [2.45, 2.75) is 68.4 Å². The molecule has 0 radical (unpaired) electrons. The number of unbranched alkanes of at least 4 members (excludes halogenated alkanes) is 2. The highest BCUT2D eigenvalue weighted by Crippen LogP contribution is 2.33. The number of carboxylic acid groups (broad SMARTS) is 1. The molecule has 0 aliphatic carbocycles. The summed E-state index contributed by atoms with van der Waals surface area (Å²) in [6.45, 7) is 2.11. The Kier molecular flexibility index (Phi) is 8.27. The van der Waals surface area contributed by atoms with E-state index >= 15 is 0 Å². The molecule has 162 valence electrons. The largest absolute Gasteiger partial charge is 0.476 e. The lowest BCUT2D eigenvalue weighted by Gasteiger charge is -2.25. The Hall–Kier alpha value is -1.93. The van der Waals surface area contributed by atoms with Gasteiger partial charge in [-0.25, -0.2) is 14.2 Å². The van der Waals surface area contributed by atoms with Crippen LogP contribution < -0.4 is 4.90 Å². The third kappa shape index (κ3) is 5.82. The van der Waals surface area contributed by atoms with Crippen molar-refractivity contribution in [2.24, 2.45) is 0 Å². The van der Waals surface area contributed by atoms with E-state index in [-0.39, 0.29) is 17.6 Å². The van der Waals surface area contributed by atoms with Gasteiger partial charge in [0.2, 0.25) is 5.91 Å². The van der Waals surface area contributed by atoms with E-state index in [2.05, 4.69) is 11.9 Å². The van der Waals surface area contributed by atoms with Crippen LogP contribution in [0.2, 0.25) is 0 Å². The number of thiazole rings is 1. The van der Waals surface area contributed by atoms with E-state index in [9.17, 15) is 14.0 Å². The van der Waals surface area contributed by atoms with Crippen molar-refractivity contribution in [1.82, 2.24) is 4.98 Å². The normalized spacial score (nSPS) is 17.5. The SMILES string of the molecule is CCCCCC(F)c1ccc(N2C(=O)CCC2CCSc2nc(C(=O)O)cs2)cc1. The first kappa shape index (κ1) is 22.7. The monoisotopic (exact) mass is 450 g/mol. The molecule has 1 aromatic heterocycles. The van der Waals surface area contributed by atoms with E-state index in [0.29, 0.717) is 18.4 Å². The Morgan fingerprint density at radius 2 is 2.13 bits per heavy atom. The van der Waals surface area contributed by atoms with Crippen LogP contribution in [0.1, 0.15) is 74.1 Å². The van der Waals surface area contributed by atoms with Crippen molar-refractivity contribution in [2.75, 3.05) is 10.7 Å². The van der Waals surface area contributed by atoms with Crippen LogP contribution in [-0.2, 0) is 4.79 Å². The minimum absolute atomic E-state index is 0.0705. The molecule has 2 unspecified atom stereocenters. The maximum absolute atomic E-state index is 14.4. The molecule has 1 aromatic carbocycles. The van der Waals surface area contributed by atoms with Gasteiger partial charge in [-0.05, 0) is 37.0 Å². The molecule has 5 nitrogen and oxygen atoms in total. The molecule has 8 heteroatoms. The Morgan fingerprint density at radius 3 is 2.80 bits per heavy atom. The first-order valence-corrected chi connectivity index (χ1v) is 12.2. The van der Waals surface area contributed by atoms with Crippen molar-refractivity contribution in [3.63, 3.8) is 0 Å². The molecule has 0 saturated carbocycles. The fourth-order valence-electron chi connectivity index (χ4n) is 3.66. The second-order valence-corrected chi connectivity index (χ2v) is 9.65. The summed E-state index contributed by atoms with van der Waals surface area (Å²) in [5.41, 5.74) is 1.56. The molecular formula is C22H27FN2O3S2. The number of aromatic carboxylic acids is 1. The van der Waals surface area contributed by atoms with Crippen molar-refractivity contribution in [3.05, 3.63) is 40.9 Å². The summed E-state index contributed by atoms with van der Waals surface area (Å²) in [5, 5.41) is 10.5. The van der Waals surface area contributed by atoms with Gasteiger partial charge >= 0.3 is 5.97 Å². The first-order valence-electron chi connectivity index (χ1n) is 10.4. The average molecular weight is 451 g/mol. The van der Waals surface area contributed by atoms with Crippen LogP contribution in [0.4, 0.5) is 10.1 Å². The number of alkyl halides is 1. The van der Waals surface area contributed by atoms with E-state index in [4.69, 9.17) is 5.11 Å². The van der Waals surface area contributed by atoms with Crippen LogP contribution in [0.5, 0.6) is 0 Å². The van der Waals surface area contributed by atoms with Crippen molar-refractivity contribution in [3.8, 4) is 0 Å². The second-order valence-electron chi connectivity index (χ2n) is 7.45. The molecule has 1 aliphatic heterocycles. The number of benzene rings is 1. The number of carbonyl (C=O) groups excluding carboxylic acids is 1. The predicted molar refractivity (Wildman–Crippen MR) is 119 cm³/mol. The fourth-order valence-corrected chi connectivity index (χ4v) is 5.57. The molecule has 1 N–H and O–H groups in total. The van der Waals surface area contributed by atoms with Crippen molar-refractivity contribution < 1.29 is 19.1 Å². The van der Waals surface area contributed by atoms with Gasteiger partial charge in [0.15, 0.2) is 10.0 Å². The number of aromatic nitrogens is 1. The van der Waals surface area contributed by atoms with Crippen LogP contribution in [0.3, 0.4) is 0 Å². The summed E-state index contributed by atoms with van der Waals surface area (Å²) < 4.78 is 15.1. The zero-order valence-corrected chi connectivity index (χ0v) is 18.7. The van der Waals surface area contributed by atoms with Gasteiger partial charge in [0.25, 0.3) is 0 Å². The van der Waals surface area contributed by atoms with Gasteiger partial charge < -0.3 is 10.0 Å². The smallest absolute Gasteiger partial charge is 0.355 e. The fraction of sp³-hybridized carbons (Fsp3) is 0.500. The molecule has 2 heterocycles. The summed E-state index contributed by atoms with van der Waals surface area (Å²) in [7, 11) is 0. The highest BCUT2D eigenvalue weighted by Gasteiger charge is 2.32. The highest BCUT2D eigenvalue weighted by molar-refractivity contribution is 8.01. The lowest BCUT2D eigenvalue weighted by Crippen LogP contribution is -2.33. The lowest BCUT2D eigenvalue weighted by molar-refractivity contribution is -0.117. The summed E-state index contributed by atoms with van der Waals surface area (Å²) in [6.07, 6.45) is 4.68. The number of rotatable bonds is 11. The molecule has 3 rings (SSSR count). The quantitative estimate of drug-likeness (QED) is 0.330. The molecule has 1 aliphatic rings. The van der Waals surface area contributed by atoms with Gasteiger partial charge in [0, 0.05) is 29.3 Å². The van der Waals surface area contributed by atoms with Gasteiger partial charge in [-0.1, -0.05) is 50.1 Å². The molecule has 1 amide bonds. The molecule has 2 atom stereocenters. The Labute approximate surface area is 184 Å². The van der Waals surface area contributed by atoms with Gasteiger partial charge in [0.05, 0.1) is 0 Å². The number of carbonyl (C=O) groups is 2. The third-order valence-corrected chi connectivity index (χ3v) is 7.35. The molecule has 30 heavy (non-hydrogen) atoms. The standard InChI is InChI=1S/C22H27FN2O3S2/c1-2-3-4-5-18(23)15-6-8-16(9-7-15)25-17(10-11-20(25)26)12-13-29-22-24-19(14-30-22)21(27)28/h6-9,14,17-18H,2-5,10-13H2,1H3,(H,27,28). The summed E-state index contributed by atoms with van der Waals surface area (Å²) in [6, 6.07) is 7.40. The second kappa shape index (κ2) is 10.9. The van der Waals surface area contributed by atoms with Crippen molar-refractivity contribution >= 4 is 40.7 Å². The van der Waals surface area contributed by atoms with E-state index in [0.717, 1.165) is 47.9 Å². The number of amides is 1. The minimum Gasteiger partial charge on any atom is -0.476 e. The number of anilines is 1. The minimum atomic E-state index is -1.02. The van der Waals surface area contributed by atoms with E-state index in [1.165, 1.54) is 28.5 Å². The molecule has 2 aromatic rings. The number of carboxylic acids is 1. The maximum atomic E-state index is 14.4. The van der Waals surface area contributed by atoms with Crippen LogP contribution >= 0.6 is 23.1 Å². The number of nitrogens with zero attached hydrogens (tertiary/aromatic N) is 2. The maximum Gasteiger partial charge on any atom is 0.355 e. The molecule has 0 spiro atoms.